The van der Waals surface area contributed by atoms with Crippen LogP contribution < -0.4 is 5.32 Å². The zero-order valence-corrected chi connectivity index (χ0v) is 12.2. The van der Waals surface area contributed by atoms with Crippen molar-refractivity contribution in [1.29, 1.82) is 0 Å². The molecule has 22 heavy (non-hydrogen) atoms. The number of nitrogens with one attached hydrogen (secondary N) is 1. The molecule has 0 radical (unpaired) electrons. The first-order chi connectivity index (χ1) is 10.4. The van der Waals surface area contributed by atoms with Crippen LogP contribution in [0.15, 0.2) is 30.3 Å². The quantitative estimate of drug-likeness (QED) is 0.816. The van der Waals surface area contributed by atoms with Crippen LogP contribution >= 0.6 is 11.6 Å². The van der Waals surface area contributed by atoms with Gasteiger partial charge < -0.3 is 5.32 Å². The topological polar surface area (TPSA) is 37.8 Å². The molecule has 0 atom stereocenters. The minimum absolute atomic E-state index is 0.320. The van der Waals surface area contributed by atoms with Crippen LogP contribution in [0.3, 0.4) is 0 Å². The number of benzene rings is 1. The molecule has 1 aromatic carbocycles. The molecule has 1 heterocycles. The minimum Gasteiger partial charge on any atom is -0.340 e. The largest absolute Gasteiger partial charge is 0.416 e. The Balaban J connectivity index is 1.75. The maximum atomic E-state index is 12.5. The average molecular weight is 328 g/mol. The average Bonchev–Trinajstić information content (AvgIpc) is 3.21. The van der Waals surface area contributed by atoms with Gasteiger partial charge in [0.2, 0.25) is 0 Å². The van der Waals surface area contributed by atoms with E-state index >= 15 is 0 Å². The molecule has 1 saturated carbocycles. The summed E-state index contributed by atoms with van der Waals surface area (Å²) in [4.78, 5) is 8.52. The zero-order chi connectivity index (χ0) is 15.7. The first-order valence-electron chi connectivity index (χ1n) is 6.88. The van der Waals surface area contributed by atoms with Crippen molar-refractivity contribution >= 4 is 23.1 Å². The highest BCUT2D eigenvalue weighted by molar-refractivity contribution is 6.29. The molecule has 1 fully saturated rings. The summed E-state index contributed by atoms with van der Waals surface area (Å²) in [6, 6.07) is 6.32. The summed E-state index contributed by atoms with van der Waals surface area (Å²) in [7, 11) is 0. The second-order valence-electron chi connectivity index (χ2n) is 5.34. The van der Waals surface area contributed by atoms with E-state index in [1.54, 1.807) is 6.07 Å². The SMILES string of the molecule is FC(F)(F)c1ccc(Nc2cc(Cl)nc(CC3CC3)n2)cc1. The molecule has 0 saturated heterocycles. The second kappa shape index (κ2) is 5.76. The summed E-state index contributed by atoms with van der Waals surface area (Å²) in [5.41, 5.74) is -0.173. The van der Waals surface area contributed by atoms with Gasteiger partial charge in [-0.25, -0.2) is 9.97 Å². The molecule has 7 heteroatoms. The van der Waals surface area contributed by atoms with Gasteiger partial charge in [-0.2, -0.15) is 13.2 Å². The molecule has 0 aliphatic heterocycles. The van der Waals surface area contributed by atoms with E-state index in [4.69, 9.17) is 11.6 Å². The predicted molar refractivity (Wildman–Crippen MR) is 78.2 cm³/mol. The molecule has 3 nitrogen and oxygen atoms in total. The van der Waals surface area contributed by atoms with E-state index in [1.165, 1.54) is 25.0 Å². The zero-order valence-electron chi connectivity index (χ0n) is 11.5. The lowest BCUT2D eigenvalue weighted by molar-refractivity contribution is -0.137. The summed E-state index contributed by atoms with van der Waals surface area (Å²) in [6.07, 6.45) is -1.20. The van der Waals surface area contributed by atoms with E-state index in [0.717, 1.165) is 18.6 Å². The molecule has 1 aliphatic rings. The van der Waals surface area contributed by atoms with E-state index in [-0.39, 0.29) is 0 Å². The Morgan fingerprint density at radius 2 is 1.82 bits per heavy atom. The normalized spacial score (nSPS) is 14.9. The number of anilines is 2. The molecule has 1 N–H and O–H groups in total. The number of hydrogen-bond acceptors (Lipinski definition) is 3. The lowest BCUT2D eigenvalue weighted by atomic mass is 10.2. The van der Waals surface area contributed by atoms with E-state index in [0.29, 0.717) is 28.4 Å². The Morgan fingerprint density at radius 3 is 2.41 bits per heavy atom. The predicted octanol–water partition coefficient (Wildman–Crippen LogP) is 4.84. The van der Waals surface area contributed by atoms with E-state index < -0.39 is 11.7 Å². The number of nitrogens with zero attached hydrogens (tertiary/aromatic N) is 2. The smallest absolute Gasteiger partial charge is 0.340 e. The van der Waals surface area contributed by atoms with Crippen LogP contribution in [0.1, 0.15) is 24.2 Å². The molecule has 0 spiro atoms. The third kappa shape index (κ3) is 3.88. The van der Waals surface area contributed by atoms with Gasteiger partial charge in [0.1, 0.15) is 16.8 Å². The van der Waals surface area contributed by atoms with Crippen LogP contribution in [0.25, 0.3) is 0 Å². The highest BCUT2D eigenvalue weighted by Crippen LogP contribution is 2.33. The van der Waals surface area contributed by atoms with Gasteiger partial charge in [-0.05, 0) is 43.0 Å². The fourth-order valence-electron chi connectivity index (χ4n) is 2.09. The summed E-state index contributed by atoms with van der Waals surface area (Å²) < 4.78 is 37.6. The number of hydrogen-bond donors (Lipinski definition) is 1. The van der Waals surface area contributed by atoms with Crippen LogP contribution in [-0.4, -0.2) is 9.97 Å². The van der Waals surface area contributed by atoms with Gasteiger partial charge in [-0.3, -0.25) is 0 Å². The number of aromatic nitrogens is 2. The van der Waals surface area contributed by atoms with Crippen LogP contribution in [0.5, 0.6) is 0 Å². The molecule has 0 unspecified atom stereocenters. The van der Waals surface area contributed by atoms with Gasteiger partial charge in [0.15, 0.2) is 0 Å². The molecular formula is C15H13ClF3N3. The van der Waals surface area contributed by atoms with E-state index in [1.807, 2.05) is 0 Å². The number of alkyl halides is 3. The van der Waals surface area contributed by atoms with Crippen molar-refractivity contribution in [2.75, 3.05) is 5.32 Å². The van der Waals surface area contributed by atoms with Crippen molar-refractivity contribution in [3.05, 3.63) is 46.9 Å². The first-order valence-corrected chi connectivity index (χ1v) is 7.26. The van der Waals surface area contributed by atoms with Gasteiger partial charge in [0, 0.05) is 18.2 Å². The van der Waals surface area contributed by atoms with Crippen molar-refractivity contribution < 1.29 is 13.2 Å². The van der Waals surface area contributed by atoms with Gasteiger partial charge in [0.25, 0.3) is 0 Å². The molecule has 0 amide bonds. The molecule has 1 aromatic heterocycles. The molecule has 2 aromatic rings. The van der Waals surface area contributed by atoms with E-state index in [2.05, 4.69) is 15.3 Å². The van der Waals surface area contributed by atoms with Crippen molar-refractivity contribution in [1.82, 2.24) is 9.97 Å². The number of rotatable bonds is 4. The highest BCUT2D eigenvalue weighted by Gasteiger charge is 2.30. The monoisotopic (exact) mass is 327 g/mol. The minimum atomic E-state index is -4.34. The van der Waals surface area contributed by atoms with Crippen molar-refractivity contribution in [3.8, 4) is 0 Å². The fourth-order valence-corrected chi connectivity index (χ4v) is 2.29. The lowest BCUT2D eigenvalue weighted by Crippen LogP contribution is -2.05. The molecular weight excluding hydrogens is 315 g/mol. The summed E-state index contributed by atoms with van der Waals surface area (Å²) in [5.74, 6) is 1.76. The Labute approximate surface area is 130 Å². The molecule has 0 bridgehead atoms. The molecule has 3 rings (SSSR count). The maximum absolute atomic E-state index is 12.5. The van der Waals surface area contributed by atoms with Crippen molar-refractivity contribution in [2.45, 2.75) is 25.4 Å². The van der Waals surface area contributed by atoms with Gasteiger partial charge in [-0.1, -0.05) is 11.6 Å². The standard InChI is InChI=1S/C15H13ClF3N3/c16-12-8-14(22-13(21-12)7-9-1-2-9)20-11-5-3-10(4-6-11)15(17,18)19/h3-6,8-9H,1-2,7H2,(H,20,21,22). The van der Waals surface area contributed by atoms with Gasteiger partial charge in [0.05, 0.1) is 5.56 Å². The third-order valence-corrected chi connectivity index (χ3v) is 3.59. The van der Waals surface area contributed by atoms with Crippen molar-refractivity contribution in [3.63, 3.8) is 0 Å². The number of halogens is 4. The molecule has 1 aliphatic carbocycles. The Hall–Kier alpha value is -1.82. The summed E-state index contributed by atoms with van der Waals surface area (Å²) in [5, 5.41) is 3.27. The first kappa shape index (κ1) is 15.1. The Bertz CT molecular complexity index is 667. The van der Waals surface area contributed by atoms with Crippen LogP contribution in [0.2, 0.25) is 5.15 Å². The highest BCUT2D eigenvalue weighted by atomic mass is 35.5. The summed E-state index contributed by atoms with van der Waals surface area (Å²) >= 11 is 5.97. The fraction of sp³-hybridized carbons (Fsp3) is 0.333. The van der Waals surface area contributed by atoms with Gasteiger partial charge in [-0.15, -0.1) is 0 Å². The van der Waals surface area contributed by atoms with Crippen LogP contribution in [0.4, 0.5) is 24.7 Å². The Kier molecular flexibility index (Phi) is 3.95. The lowest BCUT2D eigenvalue weighted by Gasteiger charge is -2.10. The summed E-state index contributed by atoms with van der Waals surface area (Å²) in [6.45, 7) is 0. The van der Waals surface area contributed by atoms with Crippen LogP contribution in [-0.2, 0) is 12.6 Å². The second-order valence-corrected chi connectivity index (χ2v) is 5.73. The van der Waals surface area contributed by atoms with E-state index in [9.17, 15) is 13.2 Å². The maximum Gasteiger partial charge on any atom is 0.416 e. The molecule has 116 valence electrons. The van der Waals surface area contributed by atoms with Gasteiger partial charge >= 0.3 is 6.18 Å². The van der Waals surface area contributed by atoms with Crippen molar-refractivity contribution in [2.24, 2.45) is 5.92 Å². The third-order valence-electron chi connectivity index (χ3n) is 3.39. The van der Waals surface area contributed by atoms with Crippen LogP contribution in [0, 0.1) is 5.92 Å². The Morgan fingerprint density at radius 1 is 1.14 bits per heavy atom.